The minimum absolute atomic E-state index is 0.0916. The molecule has 0 saturated carbocycles. The first-order chi connectivity index (χ1) is 16.8. The minimum Gasteiger partial charge on any atom is -0.494 e. The molecule has 3 aromatic rings. The second-order valence-corrected chi connectivity index (χ2v) is 11.0. The van der Waals surface area contributed by atoms with E-state index in [4.69, 9.17) is 33.2 Å². The summed E-state index contributed by atoms with van der Waals surface area (Å²) in [6.45, 7) is 1.91. The van der Waals surface area contributed by atoms with Crippen molar-refractivity contribution in [1.29, 1.82) is 5.26 Å². The second-order valence-electron chi connectivity index (χ2n) is 8.48. The number of nitrogens with one attached hydrogen (secondary N) is 1. The van der Waals surface area contributed by atoms with E-state index in [0.29, 0.717) is 36.2 Å². The van der Waals surface area contributed by atoms with Crippen LogP contribution in [0.2, 0.25) is 10.0 Å². The summed E-state index contributed by atoms with van der Waals surface area (Å²) in [5, 5.41) is 11.2. The first-order valence-electron chi connectivity index (χ1n) is 11.3. The van der Waals surface area contributed by atoms with E-state index in [1.807, 2.05) is 48.5 Å². The van der Waals surface area contributed by atoms with Crippen molar-refractivity contribution in [3.63, 3.8) is 0 Å². The summed E-state index contributed by atoms with van der Waals surface area (Å²) in [5.41, 5.74) is 2.76. The molecule has 182 valence electrons. The fourth-order valence-electron chi connectivity index (χ4n) is 4.06. The van der Waals surface area contributed by atoms with E-state index in [0.717, 1.165) is 36.1 Å². The van der Waals surface area contributed by atoms with E-state index < -0.39 is 10.0 Å². The van der Waals surface area contributed by atoms with Crippen molar-refractivity contribution in [2.45, 2.75) is 24.2 Å². The Kier molecular flexibility index (Phi) is 8.32. The van der Waals surface area contributed by atoms with E-state index in [2.05, 4.69) is 10.9 Å². The molecule has 35 heavy (non-hydrogen) atoms. The zero-order valence-corrected chi connectivity index (χ0v) is 21.3. The Morgan fingerprint density at radius 3 is 2.34 bits per heavy atom. The van der Waals surface area contributed by atoms with Gasteiger partial charge in [0, 0.05) is 13.1 Å². The number of hydrazine groups is 1. The summed E-state index contributed by atoms with van der Waals surface area (Å²) >= 11 is 11.8. The topological polar surface area (TPSA) is 82.4 Å². The van der Waals surface area contributed by atoms with Crippen LogP contribution in [-0.2, 0) is 10.0 Å². The first kappa shape index (κ1) is 25.5. The molecule has 1 N–H and O–H groups in total. The summed E-state index contributed by atoms with van der Waals surface area (Å²) in [4.78, 5) is 2.74. The number of ether oxygens (including phenoxy) is 1. The molecular weight excluding hydrogens is 505 g/mol. The van der Waals surface area contributed by atoms with E-state index in [1.54, 1.807) is 5.01 Å². The van der Waals surface area contributed by atoms with Gasteiger partial charge in [0.25, 0.3) is 10.0 Å². The van der Waals surface area contributed by atoms with E-state index in [-0.39, 0.29) is 9.92 Å². The highest BCUT2D eigenvalue weighted by atomic mass is 35.5. The SMILES string of the molecule is N#Cc1ccc(-c2ccc(OCCC[C@@H]3CCN(NS(=O)(=O)c4ccc(Cl)c(Cl)c4)C3)cc2)cc1. The van der Waals surface area contributed by atoms with Gasteiger partial charge in [-0.05, 0) is 78.8 Å². The van der Waals surface area contributed by atoms with Crippen LogP contribution in [0.25, 0.3) is 11.1 Å². The molecular formula is C26H25Cl2N3O3S. The van der Waals surface area contributed by atoms with Crippen LogP contribution in [0.15, 0.2) is 71.6 Å². The van der Waals surface area contributed by atoms with Crippen LogP contribution < -0.4 is 9.57 Å². The summed E-state index contributed by atoms with van der Waals surface area (Å²) < 4.78 is 31.2. The molecule has 0 amide bonds. The van der Waals surface area contributed by atoms with Crippen LogP contribution in [0.1, 0.15) is 24.8 Å². The van der Waals surface area contributed by atoms with Gasteiger partial charge in [0.15, 0.2) is 0 Å². The average molecular weight is 530 g/mol. The van der Waals surface area contributed by atoms with Gasteiger partial charge in [-0.25, -0.2) is 13.4 Å². The Morgan fingerprint density at radius 2 is 1.69 bits per heavy atom. The maximum atomic E-state index is 12.6. The van der Waals surface area contributed by atoms with E-state index in [1.165, 1.54) is 18.2 Å². The highest BCUT2D eigenvalue weighted by Gasteiger charge is 2.26. The van der Waals surface area contributed by atoms with Crippen LogP contribution in [-0.4, -0.2) is 33.1 Å². The molecule has 3 aromatic carbocycles. The molecule has 0 unspecified atom stereocenters. The third-order valence-electron chi connectivity index (χ3n) is 5.96. The van der Waals surface area contributed by atoms with Gasteiger partial charge in [-0.15, -0.1) is 4.83 Å². The van der Waals surface area contributed by atoms with Crippen molar-refractivity contribution in [3.8, 4) is 22.9 Å². The molecule has 1 saturated heterocycles. The number of nitriles is 1. The molecule has 0 aromatic heterocycles. The third-order valence-corrected chi connectivity index (χ3v) is 8.08. The quantitative estimate of drug-likeness (QED) is 0.348. The molecule has 6 nitrogen and oxygen atoms in total. The number of sulfonamides is 1. The molecule has 0 bridgehead atoms. The monoisotopic (exact) mass is 529 g/mol. The maximum Gasteiger partial charge on any atom is 0.253 e. The van der Waals surface area contributed by atoms with Gasteiger partial charge >= 0.3 is 0 Å². The van der Waals surface area contributed by atoms with Crippen LogP contribution >= 0.6 is 23.2 Å². The molecule has 9 heteroatoms. The Balaban J connectivity index is 1.20. The molecule has 0 radical (unpaired) electrons. The fraction of sp³-hybridized carbons (Fsp3) is 0.269. The Morgan fingerprint density at radius 1 is 1.00 bits per heavy atom. The standard InChI is InChI=1S/C26H25Cl2N3O3S/c27-25-12-11-24(16-26(25)28)35(32,33)30-31-14-13-20(18-31)2-1-15-34-23-9-7-22(8-10-23)21-5-3-19(17-29)4-6-21/h3-12,16,20,30H,1-2,13-15,18H2/t20-/m1/s1. The van der Waals surface area contributed by atoms with Crippen LogP contribution in [0, 0.1) is 17.2 Å². The fourth-order valence-corrected chi connectivity index (χ4v) is 5.55. The van der Waals surface area contributed by atoms with Crippen LogP contribution in [0.3, 0.4) is 0 Å². The molecule has 1 fully saturated rings. The first-order valence-corrected chi connectivity index (χ1v) is 13.5. The number of hydrogen-bond donors (Lipinski definition) is 1. The van der Waals surface area contributed by atoms with Gasteiger partial charge in [-0.2, -0.15) is 5.26 Å². The van der Waals surface area contributed by atoms with Gasteiger partial charge in [0.2, 0.25) is 0 Å². The van der Waals surface area contributed by atoms with Gasteiger partial charge in [0.1, 0.15) is 5.75 Å². The highest BCUT2D eigenvalue weighted by Crippen LogP contribution is 2.26. The number of rotatable bonds is 9. The normalized spacial score (nSPS) is 16.2. The lowest BCUT2D eigenvalue weighted by molar-refractivity contribution is 0.269. The summed E-state index contributed by atoms with van der Waals surface area (Å²) in [7, 11) is -3.70. The van der Waals surface area contributed by atoms with E-state index >= 15 is 0 Å². The third kappa shape index (κ3) is 6.75. The Bertz CT molecular complexity index is 1310. The molecule has 0 spiro atoms. The summed E-state index contributed by atoms with van der Waals surface area (Å²) in [6.07, 6.45) is 2.76. The lowest BCUT2D eigenvalue weighted by Gasteiger charge is -2.18. The van der Waals surface area contributed by atoms with Crippen molar-refractivity contribution in [3.05, 3.63) is 82.3 Å². The zero-order chi connectivity index (χ0) is 24.8. The van der Waals surface area contributed by atoms with Gasteiger partial charge in [0.05, 0.1) is 33.2 Å². The molecule has 1 atom stereocenters. The summed E-state index contributed by atoms with van der Waals surface area (Å²) in [6, 6.07) is 21.8. The van der Waals surface area contributed by atoms with Crippen LogP contribution in [0.5, 0.6) is 5.75 Å². The van der Waals surface area contributed by atoms with Gasteiger partial charge < -0.3 is 4.74 Å². The summed E-state index contributed by atoms with van der Waals surface area (Å²) in [5.74, 6) is 1.21. The molecule has 0 aliphatic carbocycles. The molecule has 1 aliphatic rings. The van der Waals surface area contributed by atoms with Gasteiger partial charge in [-0.1, -0.05) is 47.5 Å². The van der Waals surface area contributed by atoms with Crippen LogP contribution in [0.4, 0.5) is 0 Å². The smallest absolute Gasteiger partial charge is 0.253 e. The average Bonchev–Trinajstić information content (AvgIpc) is 3.30. The highest BCUT2D eigenvalue weighted by molar-refractivity contribution is 7.89. The van der Waals surface area contributed by atoms with Crippen molar-refractivity contribution >= 4 is 33.2 Å². The van der Waals surface area contributed by atoms with Crippen molar-refractivity contribution in [2.24, 2.45) is 5.92 Å². The lowest BCUT2D eigenvalue weighted by Crippen LogP contribution is -2.40. The maximum absolute atomic E-state index is 12.6. The predicted octanol–water partition coefficient (Wildman–Crippen LogP) is 5.91. The lowest BCUT2D eigenvalue weighted by atomic mass is 10.0. The van der Waals surface area contributed by atoms with E-state index in [9.17, 15) is 8.42 Å². The zero-order valence-electron chi connectivity index (χ0n) is 19.0. The number of hydrogen-bond acceptors (Lipinski definition) is 5. The van der Waals surface area contributed by atoms with Crippen molar-refractivity contribution in [1.82, 2.24) is 9.84 Å². The largest absolute Gasteiger partial charge is 0.494 e. The number of halogens is 2. The number of nitrogens with zero attached hydrogens (tertiary/aromatic N) is 2. The molecule has 1 heterocycles. The number of benzene rings is 3. The minimum atomic E-state index is -3.70. The predicted molar refractivity (Wildman–Crippen MR) is 138 cm³/mol. The molecule has 1 aliphatic heterocycles. The molecule has 4 rings (SSSR count). The van der Waals surface area contributed by atoms with Gasteiger partial charge in [-0.3, -0.25) is 0 Å². The van der Waals surface area contributed by atoms with Crippen molar-refractivity contribution < 1.29 is 13.2 Å². The Hall–Kier alpha value is -2.60. The second kappa shape index (κ2) is 11.4. The van der Waals surface area contributed by atoms with Crippen molar-refractivity contribution in [2.75, 3.05) is 19.7 Å². The Labute approximate surface area is 216 Å².